The second-order valence-corrected chi connectivity index (χ2v) is 10.0. The van der Waals surface area contributed by atoms with Gasteiger partial charge >= 0.3 is 0 Å². The summed E-state index contributed by atoms with van der Waals surface area (Å²) in [6.45, 7) is 0. The van der Waals surface area contributed by atoms with E-state index in [1.165, 1.54) is 0 Å². The van der Waals surface area contributed by atoms with Gasteiger partial charge in [-0.05, 0) is 65.5 Å². The number of carbonyl (C=O) groups is 2. The van der Waals surface area contributed by atoms with Gasteiger partial charge in [0.1, 0.15) is 17.4 Å². The summed E-state index contributed by atoms with van der Waals surface area (Å²) >= 11 is 7.13. The number of anilines is 2. The van der Waals surface area contributed by atoms with Crippen molar-refractivity contribution in [3.8, 4) is 11.3 Å². The number of hydrogen-bond donors (Lipinski definition) is 3. The molecule has 4 heterocycles. The molecule has 39 heavy (non-hydrogen) atoms. The van der Waals surface area contributed by atoms with E-state index < -0.39 is 0 Å². The van der Waals surface area contributed by atoms with Crippen molar-refractivity contribution in [1.82, 2.24) is 19.9 Å². The topological polar surface area (TPSA) is 113 Å². The van der Waals surface area contributed by atoms with Crippen LogP contribution in [0.5, 0.6) is 0 Å². The van der Waals surface area contributed by atoms with Gasteiger partial charge in [-0.2, -0.15) is 0 Å². The molecule has 192 valence electrons. The Hall–Kier alpha value is -4.60. The number of aromatic nitrogens is 4. The number of hydrogen-bond acceptors (Lipinski definition) is 6. The molecule has 0 fully saturated rings. The number of nitrogens with one attached hydrogen (secondary N) is 3. The van der Waals surface area contributed by atoms with Crippen LogP contribution in [-0.2, 0) is 11.2 Å². The smallest absolute Gasteiger partial charge is 0.255 e. The Labute approximate surface area is 232 Å². The number of halogens is 1. The predicted molar refractivity (Wildman–Crippen MR) is 155 cm³/mol. The molecule has 0 aliphatic rings. The fourth-order valence-electron chi connectivity index (χ4n) is 4.30. The second kappa shape index (κ2) is 10.6. The predicted octanol–water partition coefficient (Wildman–Crippen LogP) is 6.26. The van der Waals surface area contributed by atoms with E-state index in [1.807, 2.05) is 54.2 Å². The van der Waals surface area contributed by atoms with Gasteiger partial charge in [-0.25, -0.2) is 15.0 Å². The summed E-state index contributed by atoms with van der Waals surface area (Å²) in [6, 6.07) is 20.3. The lowest BCUT2D eigenvalue weighted by atomic mass is 10.1. The Bertz CT molecular complexity index is 1830. The minimum absolute atomic E-state index is 0.132. The molecule has 6 rings (SSSR count). The van der Waals surface area contributed by atoms with Gasteiger partial charge in [0.25, 0.3) is 5.91 Å². The summed E-state index contributed by atoms with van der Waals surface area (Å²) in [5, 5.41) is 8.63. The summed E-state index contributed by atoms with van der Waals surface area (Å²) < 4.78 is 1.02. The van der Waals surface area contributed by atoms with E-state index in [4.69, 9.17) is 21.6 Å². The van der Waals surface area contributed by atoms with E-state index in [1.54, 1.807) is 35.6 Å². The number of aromatic amines is 1. The lowest BCUT2D eigenvalue weighted by molar-refractivity contribution is -0.113. The van der Waals surface area contributed by atoms with Crippen molar-refractivity contribution < 1.29 is 9.59 Å². The molecule has 0 bridgehead atoms. The average molecular weight is 553 g/mol. The molecule has 2 amide bonds. The Kier molecular flexibility index (Phi) is 6.75. The molecule has 0 radical (unpaired) electrons. The fraction of sp³-hybridized carbons (Fsp3) is 0.0690. The number of nitrogens with zero attached hydrogens (tertiary/aromatic N) is 3. The Morgan fingerprint density at radius 1 is 0.949 bits per heavy atom. The number of H-pyrrole nitrogens is 1. The molecule has 0 atom stereocenters. The van der Waals surface area contributed by atoms with Gasteiger partial charge < -0.3 is 15.6 Å². The first-order chi connectivity index (χ1) is 19.1. The van der Waals surface area contributed by atoms with E-state index in [0.717, 1.165) is 38.1 Å². The van der Waals surface area contributed by atoms with Crippen LogP contribution in [0.25, 0.3) is 32.5 Å². The Morgan fingerprint density at radius 3 is 2.67 bits per heavy atom. The van der Waals surface area contributed by atoms with Crippen molar-refractivity contribution in [3.63, 3.8) is 0 Å². The van der Waals surface area contributed by atoms with Crippen LogP contribution < -0.4 is 10.6 Å². The van der Waals surface area contributed by atoms with Crippen LogP contribution in [-0.4, -0.2) is 37.6 Å². The highest BCUT2D eigenvalue weighted by atomic mass is 35.5. The summed E-state index contributed by atoms with van der Waals surface area (Å²) in [6.07, 6.45) is 4.20. The van der Waals surface area contributed by atoms with Crippen molar-refractivity contribution in [2.75, 3.05) is 16.5 Å². The van der Waals surface area contributed by atoms with Gasteiger partial charge in [0, 0.05) is 46.7 Å². The number of fused-ring (bicyclic) bond motifs is 2. The molecule has 3 N–H and O–H groups in total. The van der Waals surface area contributed by atoms with Gasteiger partial charge in [-0.3, -0.25) is 9.59 Å². The first-order valence-electron chi connectivity index (χ1n) is 12.1. The normalized spacial score (nSPS) is 11.1. The first kappa shape index (κ1) is 24.7. The molecule has 0 aliphatic heterocycles. The molecule has 0 aliphatic carbocycles. The molecular weight excluding hydrogens is 532 g/mol. The Morgan fingerprint density at radius 2 is 1.82 bits per heavy atom. The van der Waals surface area contributed by atoms with Crippen LogP contribution in [0.3, 0.4) is 0 Å². The monoisotopic (exact) mass is 552 g/mol. The molecule has 0 unspecified atom stereocenters. The van der Waals surface area contributed by atoms with Crippen molar-refractivity contribution in [2.45, 2.75) is 6.42 Å². The van der Waals surface area contributed by atoms with Crippen LogP contribution in [0.15, 0.2) is 84.5 Å². The van der Waals surface area contributed by atoms with Gasteiger partial charge in [-0.1, -0.05) is 12.1 Å². The third-order valence-electron chi connectivity index (χ3n) is 6.12. The summed E-state index contributed by atoms with van der Waals surface area (Å²) in [5.74, 6) is -0.0123. The molecule has 0 saturated heterocycles. The second-order valence-electron chi connectivity index (χ2n) is 8.85. The minimum atomic E-state index is -0.307. The van der Waals surface area contributed by atoms with Gasteiger partial charge in [0.2, 0.25) is 5.91 Å². The molecule has 4 aromatic heterocycles. The highest BCUT2D eigenvalue weighted by Crippen LogP contribution is 2.31. The number of carbonyl (C=O) groups excluding carboxylic acids is 2. The van der Waals surface area contributed by atoms with Crippen molar-refractivity contribution in [2.24, 2.45) is 0 Å². The third-order valence-corrected chi connectivity index (χ3v) is 7.28. The molecule has 10 heteroatoms. The van der Waals surface area contributed by atoms with E-state index >= 15 is 0 Å². The van der Waals surface area contributed by atoms with E-state index in [9.17, 15) is 9.59 Å². The number of rotatable bonds is 7. The zero-order valence-electron chi connectivity index (χ0n) is 20.4. The van der Waals surface area contributed by atoms with Crippen molar-refractivity contribution >= 4 is 67.4 Å². The van der Waals surface area contributed by atoms with Gasteiger partial charge in [-0.15, -0.1) is 22.9 Å². The minimum Gasteiger partial charge on any atom is -0.346 e. The van der Waals surface area contributed by atoms with Crippen LogP contribution in [0.4, 0.5) is 11.4 Å². The lowest BCUT2D eigenvalue weighted by Gasteiger charge is -2.10. The van der Waals surface area contributed by atoms with E-state index in [-0.39, 0.29) is 17.7 Å². The number of amides is 2. The third kappa shape index (κ3) is 5.36. The van der Waals surface area contributed by atoms with Gasteiger partial charge in [0.15, 0.2) is 0 Å². The van der Waals surface area contributed by atoms with Crippen LogP contribution >= 0.6 is 22.9 Å². The van der Waals surface area contributed by atoms with E-state index in [0.29, 0.717) is 29.2 Å². The zero-order valence-corrected chi connectivity index (χ0v) is 22.0. The molecule has 0 spiro atoms. The maximum atomic E-state index is 12.8. The number of alkyl halides is 1. The van der Waals surface area contributed by atoms with Crippen molar-refractivity contribution in [3.05, 3.63) is 101 Å². The van der Waals surface area contributed by atoms with Crippen LogP contribution in [0.2, 0.25) is 0 Å². The number of thiophene rings is 1. The van der Waals surface area contributed by atoms with Crippen LogP contribution in [0, 0.1) is 0 Å². The van der Waals surface area contributed by atoms with Crippen molar-refractivity contribution in [1.29, 1.82) is 0 Å². The van der Waals surface area contributed by atoms with E-state index in [2.05, 4.69) is 26.7 Å². The first-order valence-corrected chi connectivity index (χ1v) is 13.5. The fourth-order valence-corrected chi connectivity index (χ4v) is 5.21. The number of benzene rings is 2. The molecule has 2 aromatic carbocycles. The number of pyridine rings is 1. The van der Waals surface area contributed by atoms with Gasteiger partial charge in [0.05, 0.1) is 15.9 Å². The lowest BCUT2D eigenvalue weighted by Crippen LogP contribution is -2.14. The maximum absolute atomic E-state index is 12.8. The quantitative estimate of drug-likeness (QED) is 0.202. The largest absolute Gasteiger partial charge is 0.346 e. The SMILES string of the molecule is O=C(CCl)Nc1ccc(C(=O)Nc2cccc(Cc3nc(-c4cnc5[nH]ccc5c4)c4sccc4n3)c2)cc1. The molecule has 6 aromatic rings. The molecule has 0 saturated carbocycles. The molecule has 8 nitrogen and oxygen atoms in total. The maximum Gasteiger partial charge on any atom is 0.255 e. The summed E-state index contributed by atoms with van der Waals surface area (Å²) in [7, 11) is 0. The Balaban J connectivity index is 1.22. The molecular formula is C29H21ClN6O2S. The summed E-state index contributed by atoms with van der Waals surface area (Å²) in [5.41, 5.74) is 6.19. The highest BCUT2D eigenvalue weighted by Gasteiger charge is 2.14. The average Bonchev–Trinajstić information content (AvgIpc) is 3.62. The summed E-state index contributed by atoms with van der Waals surface area (Å²) in [4.78, 5) is 41.6. The highest BCUT2D eigenvalue weighted by molar-refractivity contribution is 7.17. The standard InChI is InChI=1S/C29H21ClN6O2S/c30-15-25(37)33-21-6-4-18(5-7-21)29(38)34-22-3-1-2-17(12-22)13-24-35-23-9-11-39-27(23)26(36-24)20-14-19-8-10-31-28(19)32-16-20/h1-12,14,16H,13,15H2,(H,31,32)(H,33,37)(H,34,38). The zero-order chi connectivity index (χ0) is 26.8. The van der Waals surface area contributed by atoms with Crippen LogP contribution in [0.1, 0.15) is 21.7 Å².